The number of carbonyl (C=O) groups excluding carboxylic acids is 3. The molecule has 8 N–H and O–H groups in total. The van der Waals surface area contributed by atoms with Gasteiger partial charge in [-0.3, -0.25) is 14.4 Å². The van der Waals surface area contributed by atoms with Crippen molar-refractivity contribution in [2.45, 2.75) is 51.4 Å². The van der Waals surface area contributed by atoms with E-state index in [1.54, 1.807) is 13.8 Å². The lowest BCUT2D eigenvalue weighted by Gasteiger charge is -2.25. The Morgan fingerprint density at radius 1 is 0.962 bits per heavy atom. The molecular formula is C15H28N4O7. The van der Waals surface area contributed by atoms with Crippen LogP contribution >= 0.6 is 0 Å². The largest absolute Gasteiger partial charge is 0.480 e. The Kier molecular flexibility index (Phi) is 10.4. The number of carboxylic acid groups (broad SMARTS) is 1. The molecule has 0 fully saturated rings. The monoisotopic (exact) mass is 376 g/mol. The van der Waals surface area contributed by atoms with Crippen LogP contribution in [-0.2, 0) is 19.2 Å². The number of aliphatic carboxylic acids is 1. The first kappa shape index (κ1) is 23.8. The maximum Gasteiger partial charge on any atom is 0.326 e. The number of hydrogen-bond donors (Lipinski definition) is 7. The second kappa shape index (κ2) is 11.4. The number of aliphatic hydroxyl groups is 2. The van der Waals surface area contributed by atoms with Gasteiger partial charge < -0.3 is 37.0 Å². The standard InChI is InChI=1S/C15H28N4O7/c1-7(2)4-9(15(25)26)17-13(23)10(6-20)18-14(24)12(8(3)21)19-11(22)5-16/h7-10,12,20-21H,4-6,16H2,1-3H3,(H,17,23)(H,18,24)(H,19,22)(H,25,26). The van der Waals surface area contributed by atoms with Gasteiger partial charge in [-0.1, -0.05) is 13.8 Å². The van der Waals surface area contributed by atoms with Gasteiger partial charge in [0.15, 0.2) is 0 Å². The van der Waals surface area contributed by atoms with Gasteiger partial charge in [0, 0.05) is 0 Å². The molecule has 0 saturated carbocycles. The lowest BCUT2D eigenvalue weighted by atomic mass is 10.0. The number of carboxylic acids is 1. The van der Waals surface area contributed by atoms with E-state index in [1.807, 2.05) is 0 Å². The van der Waals surface area contributed by atoms with E-state index in [2.05, 4.69) is 16.0 Å². The van der Waals surface area contributed by atoms with Gasteiger partial charge in [0.2, 0.25) is 17.7 Å². The molecule has 3 amide bonds. The average Bonchev–Trinajstić information content (AvgIpc) is 2.55. The summed E-state index contributed by atoms with van der Waals surface area (Å²) in [6.07, 6.45) is -1.13. The number of carbonyl (C=O) groups is 4. The fourth-order valence-electron chi connectivity index (χ4n) is 2.06. The summed E-state index contributed by atoms with van der Waals surface area (Å²) in [5.74, 6) is -3.77. The Morgan fingerprint density at radius 3 is 1.88 bits per heavy atom. The molecule has 4 atom stereocenters. The lowest BCUT2D eigenvalue weighted by molar-refractivity contribution is -0.143. The van der Waals surface area contributed by atoms with E-state index in [0.717, 1.165) is 0 Å². The minimum absolute atomic E-state index is 0.00957. The number of amides is 3. The summed E-state index contributed by atoms with van der Waals surface area (Å²) >= 11 is 0. The van der Waals surface area contributed by atoms with E-state index in [4.69, 9.17) is 10.8 Å². The molecule has 4 unspecified atom stereocenters. The highest BCUT2D eigenvalue weighted by molar-refractivity contribution is 5.93. The summed E-state index contributed by atoms with van der Waals surface area (Å²) < 4.78 is 0. The number of hydrogen-bond acceptors (Lipinski definition) is 7. The van der Waals surface area contributed by atoms with Gasteiger partial charge in [-0.2, -0.15) is 0 Å². The molecule has 26 heavy (non-hydrogen) atoms. The molecule has 0 aromatic heterocycles. The SMILES string of the molecule is CC(C)CC(NC(=O)C(CO)NC(=O)C(NC(=O)CN)C(C)O)C(=O)O. The molecule has 0 aromatic carbocycles. The van der Waals surface area contributed by atoms with Crippen molar-refractivity contribution < 1.29 is 34.5 Å². The van der Waals surface area contributed by atoms with E-state index in [9.17, 15) is 29.4 Å². The molecule has 0 aliphatic heterocycles. The highest BCUT2D eigenvalue weighted by Crippen LogP contribution is 2.05. The molecule has 0 spiro atoms. The Labute approximate surface area is 151 Å². The van der Waals surface area contributed by atoms with Crippen LogP contribution < -0.4 is 21.7 Å². The molecule has 0 saturated heterocycles. The third-order valence-electron chi connectivity index (χ3n) is 3.40. The van der Waals surface area contributed by atoms with Gasteiger partial charge in [-0.05, 0) is 19.3 Å². The van der Waals surface area contributed by atoms with E-state index >= 15 is 0 Å². The second-order valence-corrected chi connectivity index (χ2v) is 6.26. The predicted molar refractivity (Wildman–Crippen MR) is 90.7 cm³/mol. The van der Waals surface area contributed by atoms with Crippen LogP contribution in [0.3, 0.4) is 0 Å². The first-order valence-corrected chi connectivity index (χ1v) is 8.15. The minimum atomic E-state index is -1.45. The zero-order valence-corrected chi connectivity index (χ0v) is 15.1. The quantitative estimate of drug-likeness (QED) is 0.197. The lowest BCUT2D eigenvalue weighted by Crippen LogP contribution is -2.59. The van der Waals surface area contributed by atoms with Crippen LogP contribution in [0.1, 0.15) is 27.2 Å². The third-order valence-corrected chi connectivity index (χ3v) is 3.40. The molecule has 0 rings (SSSR count). The van der Waals surface area contributed by atoms with Crippen LogP contribution in [0.5, 0.6) is 0 Å². The zero-order valence-electron chi connectivity index (χ0n) is 15.1. The van der Waals surface area contributed by atoms with E-state index in [1.165, 1.54) is 6.92 Å². The van der Waals surface area contributed by atoms with Crippen molar-refractivity contribution in [2.75, 3.05) is 13.2 Å². The van der Waals surface area contributed by atoms with Gasteiger partial charge >= 0.3 is 5.97 Å². The fraction of sp³-hybridized carbons (Fsp3) is 0.733. The van der Waals surface area contributed by atoms with Crippen molar-refractivity contribution in [3.05, 3.63) is 0 Å². The maximum atomic E-state index is 12.2. The second-order valence-electron chi connectivity index (χ2n) is 6.26. The topological polar surface area (TPSA) is 191 Å². The molecule has 0 aliphatic rings. The van der Waals surface area contributed by atoms with Crippen molar-refractivity contribution in [3.8, 4) is 0 Å². The first-order chi connectivity index (χ1) is 12.0. The van der Waals surface area contributed by atoms with E-state index < -0.39 is 61.1 Å². The molecule has 150 valence electrons. The Hall–Kier alpha value is -2.24. The molecule has 11 nitrogen and oxygen atoms in total. The highest BCUT2D eigenvalue weighted by Gasteiger charge is 2.31. The fourth-order valence-corrected chi connectivity index (χ4v) is 2.06. The molecule has 0 aromatic rings. The van der Waals surface area contributed by atoms with Crippen molar-refractivity contribution in [3.63, 3.8) is 0 Å². The summed E-state index contributed by atoms with van der Waals surface area (Å²) in [5, 5.41) is 34.7. The van der Waals surface area contributed by atoms with Crippen molar-refractivity contribution >= 4 is 23.7 Å². The van der Waals surface area contributed by atoms with Gasteiger partial charge in [-0.25, -0.2) is 4.79 Å². The summed E-state index contributed by atoms with van der Waals surface area (Å²) in [7, 11) is 0. The predicted octanol–water partition coefficient (Wildman–Crippen LogP) is -3.10. The van der Waals surface area contributed by atoms with Gasteiger partial charge in [-0.15, -0.1) is 0 Å². The van der Waals surface area contributed by atoms with E-state index in [0.29, 0.717) is 0 Å². The molecule has 0 heterocycles. The normalized spacial score (nSPS) is 15.5. The average molecular weight is 376 g/mol. The van der Waals surface area contributed by atoms with Gasteiger partial charge in [0.05, 0.1) is 19.3 Å². The zero-order chi connectivity index (χ0) is 20.4. The smallest absolute Gasteiger partial charge is 0.326 e. The van der Waals surface area contributed by atoms with Crippen LogP contribution in [-0.4, -0.2) is 76.4 Å². The molecule has 0 radical (unpaired) electrons. The molecular weight excluding hydrogens is 348 g/mol. The molecule has 0 bridgehead atoms. The molecule has 11 heteroatoms. The van der Waals surface area contributed by atoms with Crippen molar-refractivity contribution in [1.82, 2.24) is 16.0 Å². The van der Waals surface area contributed by atoms with Crippen LogP contribution in [0.15, 0.2) is 0 Å². The van der Waals surface area contributed by atoms with Gasteiger partial charge in [0.1, 0.15) is 18.1 Å². The third kappa shape index (κ3) is 8.23. The van der Waals surface area contributed by atoms with Crippen LogP contribution in [0, 0.1) is 5.92 Å². The van der Waals surface area contributed by atoms with Crippen molar-refractivity contribution in [1.29, 1.82) is 0 Å². The Balaban J connectivity index is 5.03. The molecule has 0 aliphatic carbocycles. The minimum Gasteiger partial charge on any atom is -0.480 e. The number of nitrogens with two attached hydrogens (primary N) is 1. The maximum absolute atomic E-state index is 12.2. The van der Waals surface area contributed by atoms with Crippen LogP contribution in [0.2, 0.25) is 0 Å². The van der Waals surface area contributed by atoms with Gasteiger partial charge in [0.25, 0.3) is 0 Å². The first-order valence-electron chi connectivity index (χ1n) is 8.15. The number of rotatable bonds is 11. The van der Waals surface area contributed by atoms with Crippen LogP contribution in [0.25, 0.3) is 0 Å². The van der Waals surface area contributed by atoms with E-state index in [-0.39, 0.29) is 12.3 Å². The Morgan fingerprint density at radius 2 is 1.50 bits per heavy atom. The van der Waals surface area contributed by atoms with Crippen LogP contribution in [0.4, 0.5) is 0 Å². The number of aliphatic hydroxyl groups excluding tert-OH is 2. The highest BCUT2D eigenvalue weighted by atomic mass is 16.4. The number of nitrogens with one attached hydrogen (secondary N) is 3. The summed E-state index contributed by atoms with van der Waals surface area (Å²) in [5.41, 5.74) is 5.13. The van der Waals surface area contributed by atoms with Crippen molar-refractivity contribution in [2.24, 2.45) is 11.7 Å². The summed E-state index contributed by atoms with van der Waals surface area (Å²) in [4.78, 5) is 46.9. The summed E-state index contributed by atoms with van der Waals surface area (Å²) in [6, 6.07) is -4.02. The summed E-state index contributed by atoms with van der Waals surface area (Å²) in [6.45, 7) is 3.60. The Bertz CT molecular complexity index is 510.